The SMILES string of the molecule is O=C(O)c1cn(-c2ncns2)c2nc(N3CC(NOCc4ccccc4)C3)c(F)cc2c1=O. The molecule has 33 heavy (non-hydrogen) atoms. The van der Waals surface area contributed by atoms with Gasteiger partial charge in [0, 0.05) is 30.8 Å². The summed E-state index contributed by atoms with van der Waals surface area (Å²) in [5.41, 5.74) is 2.78. The number of carboxylic acid groups (broad SMARTS) is 1. The second-order valence-electron chi connectivity index (χ2n) is 7.43. The Morgan fingerprint density at radius 2 is 2.09 bits per heavy atom. The molecule has 168 valence electrons. The summed E-state index contributed by atoms with van der Waals surface area (Å²) in [6.45, 7) is 1.29. The summed E-state index contributed by atoms with van der Waals surface area (Å²) in [5, 5.41) is 9.56. The lowest BCUT2D eigenvalue weighted by atomic mass is 10.1. The highest BCUT2D eigenvalue weighted by Gasteiger charge is 2.31. The zero-order chi connectivity index (χ0) is 22.9. The third kappa shape index (κ3) is 4.06. The molecule has 3 aromatic heterocycles. The molecule has 1 fully saturated rings. The highest BCUT2D eigenvalue weighted by atomic mass is 32.1. The Hall–Kier alpha value is -3.74. The van der Waals surface area contributed by atoms with Gasteiger partial charge in [0.2, 0.25) is 10.6 Å². The van der Waals surface area contributed by atoms with Crippen molar-refractivity contribution < 1.29 is 19.1 Å². The van der Waals surface area contributed by atoms with Crippen molar-refractivity contribution in [2.24, 2.45) is 0 Å². The number of hydroxylamine groups is 1. The molecule has 4 aromatic rings. The van der Waals surface area contributed by atoms with E-state index in [1.807, 2.05) is 30.3 Å². The molecule has 1 aromatic carbocycles. The van der Waals surface area contributed by atoms with Crippen molar-refractivity contribution in [3.8, 4) is 5.13 Å². The standard InChI is InChI=1S/C21H17FN6O4S/c22-16-6-14-17(29)15(20(30)31)9-28(21-23-11-24-33-21)18(14)25-19(16)27-7-13(8-27)26-32-10-12-4-2-1-3-5-12/h1-6,9,11,13,26H,7-8,10H2,(H,30,31). The van der Waals surface area contributed by atoms with Gasteiger partial charge in [0.1, 0.15) is 11.9 Å². The van der Waals surface area contributed by atoms with Gasteiger partial charge in [0.25, 0.3) is 0 Å². The van der Waals surface area contributed by atoms with Crippen LogP contribution < -0.4 is 15.8 Å². The van der Waals surface area contributed by atoms with Crippen molar-refractivity contribution in [3.63, 3.8) is 0 Å². The summed E-state index contributed by atoms with van der Waals surface area (Å²) < 4.78 is 20.2. The van der Waals surface area contributed by atoms with Gasteiger partial charge in [-0.2, -0.15) is 9.85 Å². The Labute approximate surface area is 190 Å². The molecule has 0 radical (unpaired) electrons. The van der Waals surface area contributed by atoms with Crippen LogP contribution in [0.4, 0.5) is 10.2 Å². The minimum atomic E-state index is -1.42. The fourth-order valence-electron chi connectivity index (χ4n) is 3.55. The lowest BCUT2D eigenvalue weighted by molar-refractivity contribution is -0.00285. The number of rotatable bonds is 7. The maximum absolute atomic E-state index is 14.9. The Balaban J connectivity index is 1.39. The molecule has 1 aliphatic rings. The topological polar surface area (TPSA) is 122 Å². The number of anilines is 1. The molecule has 0 amide bonds. The average Bonchev–Trinajstić information content (AvgIpc) is 3.31. The van der Waals surface area contributed by atoms with Gasteiger partial charge in [-0.15, -0.1) is 0 Å². The van der Waals surface area contributed by atoms with Gasteiger partial charge in [0.15, 0.2) is 17.3 Å². The number of hydrogen-bond acceptors (Lipinski definition) is 9. The molecule has 2 N–H and O–H groups in total. The number of nitrogens with one attached hydrogen (secondary N) is 1. The number of carbonyl (C=O) groups is 1. The van der Waals surface area contributed by atoms with Crippen molar-refractivity contribution in [3.05, 3.63) is 76.1 Å². The van der Waals surface area contributed by atoms with Crippen LogP contribution in [0.2, 0.25) is 0 Å². The maximum atomic E-state index is 14.9. The number of carboxylic acids is 1. The first kappa shape index (κ1) is 21.1. The lowest BCUT2D eigenvalue weighted by Crippen LogP contribution is -2.58. The van der Waals surface area contributed by atoms with Gasteiger partial charge in [-0.1, -0.05) is 30.3 Å². The minimum absolute atomic E-state index is 0.0228. The van der Waals surface area contributed by atoms with Crippen molar-refractivity contribution in [1.29, 1.82) is 0 Å². The molecule has 12 heteroatoms. The molecule has 0 bridgehead atoms. The maximum Gasteiger partial charge on any atom is 0.341 e. The van der Waals surface area contributed by atoms with E-state index in [1.165, 1.54) is 10.9 Å². The third-order valence-corrected chi connectivity index (χ3v) is 5.88. The number of halogens is 1. The van der Waals surface area contributed by atoms with Gasteiger partial charge in [-0.25, -0.2) is 19.2 Å². The van der Waals surface area contributed by atoms with Crippen LogP contribution in [0, 0.1) is 5.82 Å². The number of benzene rings is 1. The Morgan fingerprint density at radius 3 is 2.79 bits per heavy atom. The summed E-state index contributed by atoms with van der Waals surface area (Å²) in [6.07, 6.45) is 2.44. The minimum Gasteiger partial charge on any atom is -0.477 e. The van der Waals surface area contributed by atoms with E-state index >= 15 is 0 Å². The van der Waals surface area contributed by atoms with E-state index in [1.54, 1.807) is 4.90 Å². The molecule has 0 saturated carbocycles. The van der Waals surface area contributed by atoms with Crippen LogP contribution in [-0.4, -0.2) is 49.1 Å². The largest absolute Gasteiger partial charge is 0.477 e. The summed E-state index contributed by atoms with van der Waals surface area (Å²) in [6, 6.07) is 10.7. The first-order valence-corrected chi connectivity index (χ1v) is 10.7. The molecular weight excluding hydrogens is 451 g/mol. The molecule has 0 spiro atoms. The number of pyridine rings is 2. The molecule has 4 heterocycles. The van der Waals surface area contributed by atoms with Crippen molar-refractivity contribution >= 4 is 34.4 Å². The molecule has 0 unspecified atom stereocenters. The van der Waals surface area contributed by atoms with Crippen LogP contribution >= 0.6 is 11.5 Å². The van der Waals surface area contributed by atoms with Crippen LogP contribution in [0.5, 0.6) is 0 Å². The molecule has 5 rings (SSSR count). The van der Waals surface area contributed by atoms with E-state index in [9.17, 15) is 19.1 Å². The van der Waals surface area contributed by atoms with Gasteiger partial charge in [-0.3, -0.25) is 14.2 Å². The third-order valence-electron chi connectivity index (χ3n) is 5.21. The quantitative estimate of drug-likeness (QED) is 0.392. The van der Waals surface area contributed by atoms with E-state index in [0.29, 0.717) is 24.8 Å². The molecular formula is C21H17FN6O4S. The first-order chi connectivity index (χ1) is 16.0. The average molecular weight is 468 g/mol. The zero-order valence-corrected chi connectivity index (χ0v) is 17.8. The molecule has 0 aliphatic carbocycles. The van der Waals surface area contributed by atoms with E-state index in [-0.39, 0.29) is 22.9 Å². The van der Waals surface area contributed by atoms with Crippen LogP contribution in [0.25, 0.3) is 16.2 Å². The van der Waals surface area contributed by atoms with E-state index < -0.39 is 22.8 Å². The Morgan fingerprint density at radius 1 is 1.30 bits per heavy atom. The van der Waals surface area contributed by atoms with Gasteiger partial charge in [-0.05, 0) is 11.6 Å². The van der Waals surface area contributed by atoms with Crippen LogP contribution in [0.3, 0.4) is 0 Å². The highest BCUT2D eigenvalue weighted by molar-refractivity contribution is 7.08. The van der Waals surface area contributed by atoms with Gasteiger partial charge in [0.05, 0.1) is 18.0 Å². The second kappa shape index (κ2) is 8.65. The van der Waals surface area contributed by atoms with Crippen LogP contribution in [0.15, 0.2) is 53.7 Å². The Bertz CT molecular complexity index is 1370. The van der Waals surface area contributed by atoms with Gasteiger partial charge >= 0.3 is 5.97 Å². The number of hydrogen-bond donors (Lipinski definition) is 2. The summed E-state index contributed by atoms with van der Waals surface area (Å²) in [7, 11) is 0. The van der Waals surface area contributed by atoms with Crippen LogP contribution in [0.1, 0.15) is 15.9 Å². The van der Waals surface area contributed by atoms with Crippen molar-refractivity contribution in [2.45, 2.75) is 12.6 Å². The monoisotopic (exact) mass is 468 g/mol. The molecule has 1 aliphatic heterocycles. The molecule has 1 saturated heterocycles. The second-order valence-corrected chi connectivity index (χ2v) is 8.19. The first-order valence-electron chi connectivity index (χ1n) is 9.93. The van der Waals surface area contributed by atoms with E-state index in [4.69, 9.17) is 4.84 Å². The fourth-order valence-corrected chi connectivity index (χ4v) is 4.06. The molecule has 0 atom stereocenters. The number of nitrogens with zero attached hydrogens (tertiary/aromatic N) is 5. The fraction of sp³-hybridized carbons (Fsp3) is 0.190. The van der Waals surface area contributed by atoms with E-state index in [0.717, 1.165) is 29.4 Å². The summed E-state index contributed by atoms with van der Waals surface area (Å²) >= 11 is 0.996. The van der Waals surface area contributed by atoms with Crippen molar-refractivity contribution in [2.75, 3.05) is 18.0 Å². The van der Waals surface area contributed by atoms with Crippen LogP contribution in [-0.2, 0) is 11.4 Å². The van der Waals surface area contributed by atoms with Crippen molar-refractivity contribution in [1.82, 2.24) is 24.4 Å². The van der Waals surface area contributed by atoms with Gasteiger partial charge < -0.3 is 10.0 Å². The highest BCUT2D eigenvalue weighted by Crippen LogP contribution is 2.26. The number of aromatic nitrogens is 4. The summed E-state index contributed by atoms with van der Waals surface area (Å²) in [4.78, 5) is 39.8. The lowest BCUT2D eigenvalue weighted by Gasteiger charge is -2.40. The predicted molar refractivity (Wildman–Crippen MR) is 118 cm³/mol. The predicted octanol–water partition coefficient (Wildman–Crippen LogP) is 1.98. The molecule has 10 nitrogen and oxygen atoms in total. The smallest absolute Gasteiger partial charge is 0.341 e. The van der Waals surface area contributed by atoms with E-state index in [2.05, 4.69) is 19.8 Å². The normalized spacial score (nSPS) is 13.9. The Kier molecular flexibility index (Phi) is 5.54. The number of aromatic carboxylic acids is 1. The summed E-state index contributed by atoms with van der Waals surface area (Å²) in [5.74, 6) is -2.07. The number of fused-ring (bicyclic) bond motifs is 1. The zero-order valence-electron chi connectivity index (χ0n) is 17.0.